The lowest BCUT2D eigenvalue weighted by Gasteiger charge is -2.28. The molecule has 0 amide bonds. The molecule has 6 heteroatoms. The van der Waals surface area contributed by atoms with Gasteiger partial charge in [-0.25, -0.2) is 0 Å². The number of nitro groups is 1. The number of hydrogen-bond donors (Lipinski definition) is 1. The Bertz CT molecular complexity index is 488. The van der Waals surface area contributed by atoms with Gasteiger partial charge in [-0.15, -0.1) is 0 Å². The quantitative estimate of drug-likeness (QED) is 0.632. The van der Waals surface area contributed by atoms with Crippen LogP contribution in [0.5, 0.6) is 0 Å². The molecule has 19 heavy (non-hydrogen) atoms. The number of nitro benzene ring substituents is 1. The minimum absolute atomic E-state index is 0.0628. The van der Waals surface area contributed by atoms with E-state index in [1.807, 2.05) is 20.8 Å². The molecule has 1 aromatic carbocycles. The van der Waals surface area contributed by atoms with E-state index in [9.17, 15) is 14.9 Å². The van der Waals surface area contributed by atoms with E-state index in [2.05, 4.69) is 0 Å². The van der Waals surface area contributed by atoms with Gasteiger partial charge in [-0.2, -0.15) is 0 Å². The summed E-state index contributed by atoms with van der Waals surface area (Å²) in [4.78, 5) is 23.1. The second kappa shape index (κ2) is 6.17. The predicted molar refractivity (Wildman–Crippen MR) is 72.6 cm³/mol. The smallest absolute Gasteiger partial charge is 0.323 e. The van der Waals surface area contributed by atoms with Crippen LogP contribution in [0.4, 0.5) is 11.4 Å². The number of carbonyl (C=O) groups is 1. The van der Waals surface area contributed by atoms with Crippen molar-refractivity contribution >= 4 is 17.3 Å². The molecule has 1 atom stereocenters. The van der Waals surface area contributed by atoms with Crippen molar-refractivity contribution < 1.29 is 14.8 Å². The van der Waals surface area contributed by atoms with Gasteiger partial charge in [0.05, 0.1) is 4.92 Å². The van der Waals surface area contributed by atoms with Crippen molar-refractivity contribution in [2.45, 2.75) is 33.2 Å². The zero-order valence-electron chi connectivity index (χ0n) is 11.3. The molecule has 0 spiro atoms. The number of hydrogen-bond acceptors (Lipinski definition) is 4. The number of rotatable bonds is 6. The van der Waals surface area contributed by atoms with Gasteiger partial charge in [-0.3, -0.25) is 14.9 Å². The van der Waals surface area contributed by atoms with Gasteiger partial charge in [0.15, 0.2) is 0 Å². The van der Waals surface area contributed by atoms with Crippen LogP contribution in [0.1, 0.15) is 25.8 Å². The summed E-state index contributed by atoms with van der Waals surface area (Å²) in [6.07, 6.45) is 0.707. The molecule has 0 radical (unpaired) electrons. The molecule has 6 nitrogen and oxygen atoms in total. The fourth-order valence-electron chi connectivity index (χ4n) is 1.86. The molecule has 0 aliphatic carbocycles. The molecule has 104 valence electrons. The average Bonchev–Trinajstić information content (AvgIpc) is 2.34. The van der Waals surface area contributed by atoms with Crippen molar-refractivity contribution in [3.8, 4) is 0 Å². The molecule has 0 aliphatic rings. The second-order valence-corrected chi connectivity index (χ2v) is 4.53. The average molecular weight is 266 g/mol. The van der Waals surface area contributed by atoms with Gasteiger partial charge >= 0.3 is 5.97 Å². The van der Waals surface area contributed by atoms with Crippen LogP contribution in [-0.4, -0.2) is 28.6 Å². The van der Waals surface area contributed by atoms with Crippen molar-refractivity contribution in [2.24, 2.45) is 0 Å². The van der Waals surface area contributed by atoms with E-state index >= 15 is 0 Å². The van der Waals surface area contributed by atoms with Gasteiger partial charge in [0, 0.05) is 12.1 Å². The molecule has 0 aliphatic heterocycles. The summed E-state index contributed by atoms with van der Waals surface area (Å²) in [5.74, 6) is -1.00. The van der Waals surface area contributed by atoms with Gasteiger partial charge < -0.3 is 10.0 Å². The molecule has 0 heterocycles. The molecule has 1 aromatic rings. The van der Waals surface area contributed by atoms with E-state index in [4.69, 9.17) is 5.11 Å². The molecule has 1 rings (SSSR count). The number of carboxylic acids is 1. The lowest BCUT2D eigenvalue weighted by molar-refractivity contribution is -0.384. The number of aryl methyl sites for hydroxylation is 1. The highest BCUT2D eigenvalue weighted by atomic mass is 16.6. The van der Waals surface area contributed by atoms with Gasteiger partial charge in [-0.05, 0) is 31.9 Å². The number of nitrogens with zero attached hydrogens (tertiary/aromatic N) is 2. The Labute approximate surface area is 111 Å². The third-order valence-corrected chi connectivity index (χ3v) is 3.07. The Balaban J connectivity index is 3.30. The number of benzene rings is 1. The van der Waals surface area contributed by atoms with Crippen LogP contribution < -0.4 is 4.90 Å². The molecule has 0 fully saturated rings. The Morgan fingerprint density at radius 2 is 2.16 bits per heavy atom. The van der Waals surface area contributed by atoms with Crippen LogP contribution in [0.3, 0.4) is 0 Å². The summed E-state index contributed by atoms with van der Waals surface area (Å²) in [6.45, 7) is 5.35. The first kappa shape index (κ1) is 14.9. The first-order chi connectivity index (χ1) is 8.86. The molecule has 0 bridgehead atoms. The van der Waals surface area contributed by atoms with Gasteiger partial charge in [0.1, 0.15) is 12.2 Å². The molecule has 0 saturated heterocycles. The summed E-state index contributed by atoms with van der Waals surface area (Å²) in [5.41, 5.74) is 1.16. The first-order valence-electron chi connectivity index (χ1n) is 6.10. The Kier molecular flexibility index (Phi) is 4.86. The molecular weight excluding hydrogens is 248 g/mol. The Morgan fingerprint density at radius 3 is 2.63 bits per heavy atom. The lowest BCUT2D eigenvalue weighted by atomic mass is 10.1. The van der Waals surface area contributed by atoms with Crippen LogP contribution in [0.2, 0.25) is 0 Å². The minimum Gasteiger partial charge on any atom is -0.480 e. The highest BCUT2D eigenvalue weighted by Crippen LogP contribution is 2.31. The summed E-state index contributed by atoms with van der Waals surface area (Å²) < 4.78 is 0. The third-order valence-electron chi connectivity index (χ3n) is 3.07. The van der Waals surface area contributed by atoms with Crippen LogP contribution in [-0.2, 0) is 4.79 Å². The third kappa shape index (κ3) is 3.67. The largest absolute Gasteiger partial charge is 0.480 e. The maximum Gasteiger partial charge on any atom is 0.323 e. The van der Waals surface area contributed by atoms with Crippen LogP contribution >= 0.6 is 0 Å². The molecule has 0 saturated carbocycles. The maximum absolute atomic E-state index is 11.1. The number of carboxylic acid groups (broad SMARTS) is 1. The van der Waals surface area contributed by atoms with Crippen LogP contribution in [0.25, 0.3) is 0 Å². The second-order valence-electron chi connectivity index (χ2n) is 4.53. The minimum atomic E-state index is -1.00. The van der Waals surface area contributed by atoms with Gasteiger partial charge in [0.2, 0.25) is 0 Å². The number of anilines is 1. The van der Waals surface area contributed by atoms with E-state index < -0.39 is 10.9 Å². The van der Waals surface area contributed by atoms with E-state index in [1.54, 1.807) is 17.0 Å². The van der Waals surface area contributed by atoms with Crippen molar-refractivity contribution in [3.05, 3.63) is 33.9 Å². The maximum atomic E-state index is 11.1. The van der Waals surface area contributed by atoms with Crippen molar-refractivity contribution in [3.63, 3.8) is 0 Å². The van der Waals surface area contributed by atoms with E-state index in [0.717, 1.165) is 5.56 Å². The van der Waals surface area contributed by atoms with E-state index in [0.29, 0.717) is 12.1 Å². The monoisotopic (exact) mass is 266 g/mol. The Hall–Kier alpha value is -2.11. The lowest BCUT2D eigenvalue weighted by Crippen LogP contribution is -2.37. The highest BCUT2D eigenvalue weighted by molar-refractivity contribution is 5.76. The van der Waals surface area contributed by atoms with E-state index in [1.165, 1.54) is 6.07 Å². The fourth-order valence-corrected chi connectivity index (χ4v) is 1.86. The molecule has 0 aromatic heterocycles. The van der Waals surface area contributed by atoms with Crippen molar-refractivity contribution in [1.82, 2.24) is 0 Å². The van der Waals surface area contributed by atoms with E-state index in [-0.39, 0.29) is 18.3 Å². The van der Waals surface area contributed by atoms with Gasteiger partial charge in [0.25, 0.3) is 5.69 Å². The molecule has 1 unspecified atom stereocenters. The van der Waals surface area contributed by atoms with Crippen LogP contribution in [0, 0.1) is 17.0 Å². The highest BCUT2D eigenvalue weighted by Gasteiger charge is 2.24. The summed E-state index contributed by atoms with van der Waals surface area (Å²) in [7, 11) is 0. The first-order valence-corrected chi connectivity index (χ1v) is 6.10. The number of aliphatic carboxylic acids is 1. The molecular formula is C13H18N2O4. The summed E-state index contributed by atoms with van der Waals surface area (Å²) >= 11 is 0. The van der Waals surface area contributed by atoms with Crippen molar-refractivity contribution in [1.29, 1.82) is 0 Å². The van der Waals surface area contributed by atoms with Crippen LogP contribution in [0.15, 0.2) is 18.2 Å². The van der Waals surface area contributed by atoms with Crippen molar-refractivity contribution in [2.75, 3.05) is 11.4 Å². The SMILES string of the molecule is CCC(C)N(CC(=O)O)c1cc(C)ccc1[N+](=O)[O-]. The van der Waals surface area contributed by atoms with Gasteiger partial charge in [-0.1, -0.05) is 13.0 Å². The Morgan fingerprint density at radius 1 is 1.53 bits per heavy atom. The summed E-state index contributed by atoms with van der Waals surface area (Å²) in [6, 6.07) is 4.64. The fraction of sp³-hybridized carbons (Fsp3) is 0.462. The zero-order valence-corrected chi connectivity index (χ0v) is 11.3. The molecule has 1 N–H and O–H groups in total. The normalized spacial score (nSPS) is 11.9. The summed E-state index contributed by atoms with van der Waals surface area (Å²) in [5, 5.41) is 20.0. The predicted octanol–water partition coefficient (Wildman–Crippen LogP) is 2.59. The zero-order chi connectivity index (χ0) is 14.6. The standard InChI is InChI=1S/C13H18N2O4/c1-4-10(3)14(8-13(16)17)12-7-9(2)5-6-11(12)15(18)19/h5-7,10H,4,8H2,1-3H3,(H,16,17). The topological polar surface area (TPSA) is 83.7 Å².